The van der Waals surface area contributed by atoms with Gasteiger partial charge in [-0.05, 0) is 19.8 Å². The van der Waals surface area contributed by atoms with Crippen LogP contribution in [0.1, 0.15) is 28.2 Å². The Kier molecular flexibility index (Phi) is 4.52. The van der Waals surface area contributed by atoms with Gasteiger partial charge < -0.3 is 4.90 Å². The molecule has 0 radical (unpaired) electrons. The number of hydrogen-bond donors (Lipinski definition) is 0. The van der Waals surface area contributed by atoms with Gasteiger partial charge in [0, 0.05) is 32.2 Å². The Morgan fingerprint density at radius 1 is 1.23 bits per heavy atom. The summed E-state index contributed by atoms with van der Waals surface area (Å²) >= 11 is 1.40. The molecule has 0 unspecified atom stereocenters. The molecule has 6 nitrogen and oxygen atoms in total. The van der Waals surface area contributed by atoms with Crippen LogP contribution in [-0.2, 0) is 9.84 Å². The lowest BCUT2D eigenvalue weighted by atomic mass is 10.1. The molecule has 2 aliphatic heterocycles. The van der Waals surface area contributed by atoms with E-state index in [1.54, 1.807) is 5.51 Å². The predicted octanol–water partition coefficient (Wildman–Crippen LogP) is 0.787. The zero-order valence-electron chi connectivity index (χ0n) is 12.7. The zero-order chi connectivity index (χ0) is 15.7. The van der Waals surface area contributed by atoms with Crippen molar-refractivity contribution in [2.75, 3.05) is 37.7 Å². The monoisotopic (exact) mass is 343 g/mol. The molecule has 0 aromatic carbocycles. The van der Waals surface area contributed by atoms with Crippen LogP contribution in [0.15, 0.2) is 5.51 Å². The highest BCUT2D eigenvalue weighted by molar-refractivity contribution is 7.91. The first-order chi connectivity index (χ1) is 10.5. The van der Waals surface area contributed by atoms with E-state index < -0.39 is 9.84 Å². The van der Waals surface area contributed by atoms with Crippen LogP contribution in [0.5, 0.6) is 0 Å². The van der Waals surface area contributed by atoms with Gasteiger partial charge >= 0.3 is 0 Å². The maximum absolute atomic E-state index is 12.4. The van der Waals surface area contributed by atoms with Gasteiger partial charge in [0.1, 0.15) is 14.7 Å². The highest BCUT2D eigenvalue weighted by Gasteiger charge is 2.31. The summed E-state index contributed by atoms with van der Waals surface area (Å²) in [5, 5.41) is 0. The summed E-state index contributed by atoms with van der Waals surface area (Å²) < 4.78 is 23.0. The van der Waals surface area contributed by atoms with Crippen molar-refractivity contribution in [2.45, 2.75) is 25.8 Å². The van der Waals surface area contributed by atoms with Crippen molar-refractivity contribution < 1.29 is 13.2 Å². The highest BCUT2D eigenvalue weighted by Crippen LogP contribution is 2.21. The van der Waals surface area contributed by atoms with E-state index in [1.807, 2.05) is 11.8 Å². The number of thiazole rings is 1. The molecule has 1 aromatic heterocycles. The fourth-order valence-electron chi connectivity index (χ4n) is 3.18. The molecule has 22 heavy (non-hydrogen) atoms. The normalized spacial score (nSPS) is 23.6. The molecular weight excluding hydrogens is 322 g/mol. The van der Waals surface area contributed by atoms with Gasteiger partial charge in [0.05, 0.1) is 22.7 Å². The number of rotatable bonds is 2. The first kappa shape index (κ1) is 15.9. The van der Waals surface area contributed by atoms with Crippen molar-refractivity contribution in [3.05, 3.63) is 16.1 Å². The Bertz CT molecular complexity index is 634. The van der Waals surface area contributed by atoms with Gasteiger partial charge in [-0.15, -0.1) is 11.3 Å². The van der Waals surface area contributed by atoms with E-state index >= 15 is 0 Å². The first-order valence-corrected chi connectivity index (χ1v) is 10.3. The summed E-state index contributed by atoms with van der Waals surface area (Å²) in [6.07, 6.45) is 1.45. The fourth-order valence-corrected chi connectivity index (χ4v) is 5.42. The third-order valence-corrected chi connectivity index (χ3v) is 7.21. The van der Waals surface area contributed by atoms with E-state index in [2.05, 4.69) is 9.88 Å². The maximum Gasteiger partial charge on any atom is 0.265 e. The van der Waals surface area contributed by atoms with Crippen molar-refractivity contribution in [3.63, 3.8) is 0 Å². The number of piperazine rings is 1. The fraction of sp³-hybridized carbons (Fsp3) is 0.714. The second-order valence-electron chi connectivity index (χ2n) is 5.98. The minimum atomic E-state index is -2.81. The Labute approximate surface area is 135 Å². The lowest BCUT2D eigenvalue weighted by Crippen LogP contribution is -2.53. The van der Waals surface area contributed by atoms with Crippen LogP contribution in [0.3, 0.4) is 0 Å². The molecule has 2 fully saturated rings. The number of aromatic nitrogens is 1. The molecule has 3 rings (SSSR count). The van der Waals surface area contributed by atoms with E-state index in [9.17, 15) is 13.2 Å². The summed E-state index contributed by atoms with van der Waals surface area (Å²) in [5.74, 6) is 0.680. The summed E-state index contributed by atoms with van der Waals surface area (Å²) in [7, 11) is -2.81. The molecule has 0 atom stereocenters. The summed E-state index contributed by atoms with van der Waals surface area (Å²) in [5.41, 5.74) is 2.51. The topological polar surface area (TPSA) is 70.6 Å². The number of carbonyl (C=O) groups excluding carboxylic acids is 1. The quantitative estimate of drug-likeness (QED) is 0.794. The minimum Gasteiger partial charge on any atom is -0.335 e. The largest absolute Gasteiger partial charge is 0.335 e. The van der Waals surface area contributed by atoms with E-state index in [0.717, 1.165) is 36.5 Å². The third kappa shape index (κ3) is 3.33. The number of carbonyl (C=O) groups is 1. The van der Waals surface area contributed by atoms with E-state index in [0.29, 0.717) is 30.6 Å². The van der Waals surface area contributed by atoms with Crippen molar-refractivity contribution in [1.29, 1.82) is 0 Å². The molecule has 0 bridgehead atoms. The maximum atomic E-state index is 12.4. The van der Waals surface area contributed by atoms with Gasteiger partial charge in [0.2, 0.25) is 0 Å². The number of amides is 1. The van der Waals surface area contributed by atoms with Crippen molar-refractivity contribution in [3.8, 4) is 0 Å². The molecule has 0 N–H and O–H groups in total. The number of aryl methyl sites for hydroxylation is 1. The van der Waals surface area contributed by atoms with Crippen molar-refractivity contribution in [2.24, 2.45) is 0 Å². The standard InChI is InChI=1S/C14H21N3O3S2/c1-11-13(21-10-15-11)14(18)17-6-4-16(5-7-17)12-2-8-22(19,20)9-3-12/h10,12H,2-9H2,1H3. The summed E-state index contributed by atoms with van der Waals surface area (Å²) in [6, 6.07) is 0.353. The number of nitrogens with zero attached hydrogens (tertiary/aromatic N) is 3. The summed E-state index contributed by atoms with van der Waals surface area (Å²) in [6.45, 7) is 4.93. The van der Waals surface area contributed by atoms with Gasteiger partial charge in [-0.2, -0.15) is 0 Å². The molecule has 3 heterocycles. The second-order valence-corrected chi connectivity index (χ2v) is 9.14. The highest BCUT2D eigenvalue weighted by atomic mass is 32.2. The lowest BCUT2D eigenvalue weighted by Gasteiger charge is -2.40. The molecule has 0 saturated carbocycles. The van der Waals surface area contributed by atoms with Gasteiger partial charge in [-0.1, -0.05) is 0 Å². The number of hydrogen-bond acceptors (Lipinski definition) is 6. The second kappa shape index (κ2) is 6.25. The number of sulfone groups is 1. The van der Waals surface area contributed by atoms with Crippen LogP contribution in [0, 0.1) is 6.92 Å². The van der Waals surface area contributed by atoms with Crippen LogP contribution in [0.2, 0.25) is 0 Å². The van der Waals surface area contributed by atoms with Crippen LogP contribution in [0.25, 0.3) is 0 Å². The van der Waals surface area contributed by atoms with E-state index in [-0.39, 0.29) is 5.91 Å². The van der Waals surface area contributed by atoms with E-state index in [1.165, 1.54) is 11.3 Å². The first-order valence-electron chi connectivity index (χ1n) is 7.60. The molecule has 0 aliphatic carbocycles. The third-order valence-electron chi connectivity index (χ3n) is 4.58. The van der Waals surface area contributed by atoms with Gasteiger partial charge in [-0.25, -0.2) is 13.4 Å². The SMILES string of the molecule is Cc1ncsc1C(=O)N1CCN(C2CCS(=O)(=O)CC2)CC1. The molecular formula is C14H21N3O3S2. The molecule has 1 amide bonds. The van der Waals surface area contributed by atoms with Crippen LogP contribution in [0.4, 0.5) is 0 Å². The predicted molar refractivity (Wildman–Crippen MR) is 86.0 cm³/mol. The summed E-state index contributed by atoms with van der Waals surface area (Å²) in [4.78, 5) is 21.6. The Morgan fingerprint density at radius 3 is 2.41 bits per heavy atom. The Hall–Kier alpha value is -0.990. The van der Waals surface area contributed by atoms with E-state index in [4.69, 9.17) is 0 Å². The smallest absolute Gasteiger partial charge is 0.265 e. The Balaban J connectivity index is 1.55. The molecule has 2 aliphatic rings. The zero-order valence-corrected chi connectivity index (χ0v) is 14.3. The average Bonchev–Trinajstić information content (AvgIpc) is 2.93. The Morgan fingerprint density at radius 2 is 1.86 bits per heavy atom. The van der Waals surface area contributed by atoms with Crippen LogP contribution in [-0.4, -0.2) is 72.8 Å². The molecule has 2 saturated heterocycles. The van der Waals surface area contributed by atoms with Crippen molar-refractivity contribution >= 4 is 27.1 Å². The van der Waals surface area contributed by atoms with Gasteiger partial charge in [0.15, 0.2) is 0 Å². The molecule has 1 aromatic rings. The van der Waals surface area contributed by atoms with Crippen LogP contribution >= 0.6 is 11.3 Å². The van der Waals surface area contributed by atoms with Gasteiger partial charge in [0.25, 0.3) is 5.91 Å². The minimum absolute atomic E-state index is 0.0749. The average molecular weight is 343 g/mol. The van der Waals surface area contributed by atoms with Gasteiger partial charge in [-0.3, -0.25) is 9.69 Å². The molecule has 8 heteroatoms. The van der Waals surface area contributed by atoms with Crippen LogP contribution < -0.4 is 0 Å². The molecule has 122 valence electrons. The molecule has 0 spiro atoms. The van der Waals surface area contributed by atoms with Crippen molar-refractivity contribution in [1.82, 2.24) is 14.8 Å². The lowest BCUT2D eigenvalue weighted by molar-refractivity contribution is 0.0561.